The minimum Gasteiger partial charge on any atom is -0.507 e. The zero-order valence-corrected chi connectivity index (χ0v) is 38.6. The van der Waals surface area contributed by atoms with Crippen molar-refractivity contribution in [2.45, 2.75) is 124 Å². The third-order valence-electron chi connectivity index (χ3n) is 12.9. The predicted octanol–water partition coefficient (Wildman–Crippen LogP) is 4.68. The summed E-state index contributed by atoms with van der Waals surface area (Å²) in [5.74, 6) is -7.62. The number of rotatable bonds is 2. The number of allylic oxidation sites excluding steroid dienone is 2. The minimum absolute atomic E-state index is 0.0208. The Labute approximate surface area is 372 Å². The lowest BCUT2D eigenvalue weighted by atomic mass is 9.78. The number of hydrogen-bond acceptors (Lipinski definition) is 15. The first-order valence-electron chi connectivity index (χ1n) is 21.6. The number of aromatic hydroxyl groups is 2. The summed E-state index contributed by atoms with van der Waals surface area (Å²) in [6, 6.07) is 0. The maximum atomic E-state index is 14.8. The lowest BCUT2D eigenvalue weighted by Gasteiger charge is -2.38. The molecule has 5 N–H and O–H groups in total. The molecule has 1 saturated heterocycles. The van der Waals surface area contributed by atoms with Gasteiger partial charge in [-0.2, -0.15) is 0 Å². The predicted molar refractivity (Wildman–Crippen MR) is 234 cm³/mol. The van der Waals surface area contributed by atoms with Gasteiger partial charge in [-0.15, -0.1) is 0 Å². The van der Waals surface area contributed by atoms with E-state index in [9.17, 15) is 39.6 Å². The molecule has 17 heteroatoms. The van der Waals surface area contributed by atoms with E-state index in [0.29, 0.717) is 13.0 Å². The quantitative estimate of drug-likeness (QED) is 0.204. The van der Waals surface area contributed by atoms with Crippen LogP contribution in [-0.2, 0) is 28.5 Å². The van der Waals surface area contributed by atoms with Crippen LogP contribution in [0.25, 0.3) is 10.8 Å². The Morgan fingerprint density at radius 1 is 0.969 bits per heavy atom. The molecule has 4 aliphatic heterocycles. The summed E-state index contributed by atoms with van der Waals surface area (Å²) in [6.07, 6.45) is 3.50. The number of nitrogens with one attached hydrogen (secondary N) is 1. The zero-order valence-electron chi connectivity index (χ0n) is 38.6. The molecule has 0 aromatic heterocycles. The molecule has 0 saturated carbocycles. The van der Waals surface area contributed by atoms with Gasteiger partial charge in [0.25, 0.3) is 11.7 Å². The summed E-state index contributed by atoms with van der Waals surface area (Å²) < 4.78 is 29.6. The van der Waals surface area contributed by atoms with E-state index < -0.39 is 100 Å². The molecule has 2 aromatic rings. The first-order chi connectivity index (χ1) is 29.8. The summed E-state index contributed by atoms with van der Waals surface area (Å²) in [5, 5.41) is 50.1. The number of anilines is 1. The molecule has 4 bridgehead atoms. The van der Waals surface area contributed by atoms with Crippen molar-refractivity contribution in [3.63, 3.8) is 0 Å². The number of fused-ring (bicyclic) bond motifs is 1. The van der Waals surface area contributed by atoms with Crippen molar-refractivity contribution < 1.29 is 63.3 Å². The van der Waals surface area contributed by atoms with E-state index in [-0.39, 0.29) is 62.7 Å². The van der Waals surface area contributed by atoms with E-state index in [4.69, 9.17) is 28.7 Å². The molecule has 2 unspecified atom stereocenters. The highest BCUT2D eigenvalue weighted by molar-refractivity contribution is 6.21. The van der Waals surface area contributed by atoms with Crippen LogP contribution in [0.5, 0.6) is 17.2 Å². The van der Waals surface area contributed by atoms with Gasteiger partial charge >= 0.3 is 17.8 Å². The van der Waals surface area contributed by atoms with Crippen molar-refractivity contribution in [1.82, 2.24) is 4.90 Å². The number of phenolic OH excluding ortho intramolecular Hbond substituents is 2. The topological polar surface area (TPSA) is 235 Å². The molecule has 10 atom stereocenters. The van der Waals surface area contributed by atoms with E-state index in [1.807, 2.05) is 0 Å². The van der Waals surface area contributed by atoms with E-state index in [1.165, 1.54) is 53.2 Å². The number of nitrogens with zero attached hydrogens (tertiary/aromatic N) is 3. The summed E-state index contributed by atoms with van der Waals surface area (Å²) in [5.41, 5.74) is -1.25. The number of benzene rings is 2. The first-order valence-corrected chi connectivity index (χ1v) is 21.6. The second kappa shape index (κ2) is 17.8. The minimum atomic E-state index is -2.03. The van der Waals surface area contributed by atoms with Gasteiger partial charge in [-0.25, -0.2) is 9.79 Å². The average Bonchev–Trinajstić information content (AvgIpc) is 3.76. The highest BCUT2D eigenvalue weighted by Crippen LogP contribution is 2.51. The number of aliphatic hydroxyl groups is 2. The van der Waals surface area contributed by atoms with Gasteiger partial charge in [-0.1, -0.05) is 45.9 Å². The SMILES string of the molecule is CO[C@H]1/C=C/O[C@@]2(C)Oc3c(C)c(O)c4c(O)c(c5c(c4c3C2=O)NC2(CCN(C(=O)OC(C)(C)C)C2)CN=5)=NC(=O)/C(C)=C\C=C\[C@H](C)[C@H](O)[C@@H](C)[C@@H](O)[C@@H](C)[C@H](OC(C)=O)C1C. The van der Waals surface area contributed by atoms with Crippen molar-refractivity contribution in [3.8, 4) is 17.2 Å². The standard InChI is InChI=1S/C47H62N4O13/c1-22-14-13-15-23(2)43(58)49-35-34-33(50-47(20-48-34)17-18-51(21-47)44(59)64-45(8,9)10)30-31(39(35)56)38(55)27(6)41-32(30)42(57)46(11,63-41)61-19-16-29(60-12)24(3)40(62-28(7)52)26(5)37(54)25(4)36(22)53/h13-16,19,22,24-26,29,36-37,40,50,53-56H,17-18,20-21H2,1-12H3/b14-13+,19-16+,23-15-,49-35?/t22-,24?,25+,26+,29-,36-,37+,40+,46-,47?/m0/s1. The second-order valence-corrected chi connectivity index (χ2v) is 18.9. The lowest BCUT2D eigenvalue weighted by molar-refractivity contribution is -0.160. The summed E-state index contributed by atoms with van der Waals surface area (Å²) in [7, 11) is 1.45. The second-order valence-electron chi connectivity index (χ2n) is 18.9. The highest BCUT2D eigenvalue weighted by atomic mass is 16.7. The molecule has 0 radical (unpaired) electrons. The number of amides is 2. The molecule has 6 rings (SSSR count). The van der Waals surface area contributed by atoms with Gasteiger partial charge in [0.1, 0.15) is 33.9 Å². The molecule has 2 amide bonds. The van der Waals surface area contributed by atoms with Crippen LogP contribution in [0.3, 0.4) is 0 Å². The third kappa shape index (κ3) is 8.94. The normalized spacial score (nSPS) is 33.0. The number of methoxy groups -OCH3 is 1. The maximum Gasteiger partial charge on any atom is 0.410 e. The molecular formula is C47H62N4O13. The molecule has 1 fully saturated rings. The zero-order chi connectivity index (χ0) is 47.4. The fraction of sp³-hybridized carbons (Fsp3) is 0.574. The monoisotopic (exact) mass is 890 g/mol. The molecule has 1 spiro atoms. The summed E-state index contributed by atoms with van der Waals surface area (Å²) in [6.45, 7) is 18.5. The van der Waals surface area contributed by atoms with Crippen LogP contribution < -0.4 is 20.8 Å². The van der Waals surface area contributed by atoms with Crippen molar-refractivity contribution >= 4 is 40.2 Å². The van der Waals surface area contributed by atoms with Crippen LogP contribution in [0.4, 0.5) is 10.5 Å². The average molecular weight is 891 g/mol. The van der Waals surface area contributed by atoms with Crippen molar-refractivity contribution in [2.24, 2.45) is 33.7 Å². The first kappa shape index (κ1) is 47.9. The largest absolute Gasteiger partial charge is 0.507 e. The number of esters is 1. The van der Waals surface area contributed by atoms with Crippen LogP contribution in [0.1, 0.15) is 91.6 Å². The fourth-order valence-electron chi connectivity index (χ4n) is 9.07. The molecule has 17 nitrogen and oxygen atoms in total. The number of aliphatic hydroxyl groups excluding tert-OH is 2. The number of hydrogen-bond donors (Lipinski definition) is 5. The summed E-state index contributed by atoms with van der Waals surface area (Å²) in [4.78, 5) is 65.1. The summed E-state index contributed by atoms with van der Waals surface area (Å²) >= 11 is 0. The van der Waals surface area contributed by atoms with E-state index >= 15 is 0 Å². The van der Waals surface area contributed by atoms with Crippen LogP contribution in [0.2, 0.25) is 0 Å². The fourth-order valence-corrected chi connectivity index (χ4v) is 9.07. The lowest BCUT2D eigenvalue weighted by Crippen LogP contribution is -2.51. The van der Waals surface area contributed by atoms with Crippen LogP contribution in [0, 0.1) is 30.6 Å². The van der Waals surface area contributed by atoms with Gasteiger partial charge in [0.2, 0.25) is 0 Å². The number of ether oxygens (including phenoxy) is 5. The molecule has 348 valence electrons. The Balaban J connectivity index is 1.56. The number of phenols is 2. The van der Waals surface area contributed by atoms with Gasteiger partial charge in [0.15, 0.2) is 5.75 Å². The number of Topliss-reactive ketones (excluding diaryl/α,β-unsaturated/α-hetero) is 1. The Kier molecular flexibility index (Phi) is 13.3. The molecular weight excluding hydrogens is 829 g/mol. The number of ketones is 1. The van der Waals surface area contributed by atoms with Gasteiger partial charge in [-0.05, 0) is 47.1 Å². The number of likely N-dealkylation sites (tertiary alicyclic amines) is 1. The van der Waals surface area contributed by atoms with E-state index in [2.05, 4.69) is 10.3 Å². The highest BCUT2D eigenvalue weighted by Gasteiger charge is 2.51. The van der Waals surface area contributed by atoms with Crippen molar-refractivity contribution in [2.75, 3.05) is 32.1 Å². The van der Waals surface area contributed by atoms with E-state index in [1.54, 1.807) is 65.5 Å². The third-order valence-corrected chi connectivity index (χ3v) is 12.9. The van der Waals surface area contributed by atoms with Crippen molar-refractivity contribution in [1.29, 1.82) is 0 Å². The Hall–Kier alpha value is -5.52. The van der Waals surface area contributed by atoms with Gasteiger partial charge in [0.05, 0.1) is 53.3 Å². The molecule has 64 heavy (non-hydrogen) atoms. The van der Waals surface area contributed by atoms with Gasteiger partial charge in [0, 0.05) is 74.2 Å². The smallest absolute Gasteiger partial charge is 0.410 e. The maximum absolute atomic E-state index is 14.8. The Morgan fingerprint density at radius 2 is 1.66 bits per heavy atom. The molecule has 4 heterocycles. The van der Waals surface area contributed by atoms with Gasteiger partial charge < -0.3 is 54.3 Å². The number of carbonyl (C=O) groups excluding carboxylic acids is 4. The van der Waals surface area contributed by atoms with Crippen molar-refractivity contribution in [3.05, 3.63) is 58.0 Å². The molecule has 2 aromatic carbocycles. The Bertz CT molecular complexity index is 2460. The van der Waals surface area contributed by atoms with Crippen LogP contribution in [-0.4, -0.2) is 117 Å². The Morgan fingerprint density at radius 3 is 2.30 bits per heavy atom. The van der Waals surface area contributed by atoms with E-state index in [0.717, 1.165) is 0 Å². The number of carbonyl (C=O) groups is 4. The molecule has 0 aliphatic carbocycles. The van der Waals surface area contributed by atoms with Crippen LogP contribution >= 0.6 is 0 Å². The molecule has 4 aliphatic rings. The van der Waals surface area contributed by atoms with Crippen LogP contribution in [0.15, 0.2) is 46.1 Å². The van der Waals surface area contributed by atoms with Gasteiger partial charge in [-0.3, -0.25) is 19.4 Å².